The predicted molar refractivity (Wildman–Crippen MR) is 81.7 cm³/mol. The summed E-state index contributed by atoms with van der Waals surface area (Å²) in [6.45, 7) is 2.67. The number of benzene rings is 1. The summed E-state index contributed by atoms with van der Waals surface area (Å²) in [5, 5.41) is 3.42. The van der Waals surface area contributed by atoms with Gasteiger partial charge in [0.15, 0.2) is 11.5 Å². The van der Waals surface area contributed by atoms with Crippen LogP contribution in [0, 0.1) is 5.92 Å². The Bertz CT molecular complexity index is 439. The Hall–Kier alpha value is -1.46. The zero-order chi connectivity index (χ0) is 15.2. The molecule has 1 aliphatic carbocycles. The first kappa shape index (κ1) is 15.9. The van der Waals surface area contributed by atoms with E-state index in [4.69, 9.17) is 18.9 Å². The smallest absolute Gasteiger partial charge is 0.203 e. The fourth-order valence-electron chi connectivity index (χ4n) is 2.66. The van der Waals surface area contributed by atoms with Crippen LogP contribution < -0.4 is 19.5 Å². The van der Waals surface area contributed by atoms with Gasteiger partial charge in [-0.05, 0) is 42.5 Å². The Morgan fingerprint density at radius 1 is 1.05 bits per heavy atom. The van der Waals surface area contributed by atoms with E-state index in [-0.39, 0.29) is 0 Å². The third kappa shape index (κ3) is 3.80. The highest BCUT2D eigenvalue weighted by Crippen LogP contribution is 2.50. The molecule has 0 aromatic heterocycles. The molecule has 5 nitrogen and oxygen atoms in total. The Kier molecular flexibility index (Phi) is 5.70. The highest BCUT2D eigenvalue weighted by atomic mass is 16.5. The van der Waals surface area contributed by atoms with Crippen molar-refractivity contribution in [2.75, 3.05) is 48.1 Å². The molecule has 2 unspecified atom stereocenters. The lowest BCUT2D eigenvalue weighted by molar-refractivity contribution is 0.199. The fourth-order valence-corrected chi connectivity index (χ4v) is 2.66. The second-order valence-electron chi connectivity index (χ2n) is 5.26. The number of hydrogen-bond acceptors (Lipinski definition) is 5. The monoisotopic (exact) mass is 295 g/mol. The van der Waals surface area contributed by atoms with Crippen LogP contribution in [0.4, 0.5) is 0 Å². The molecule has 0 amide bonds. The molecular weight excluding hydrogens is 270 g/mol. The second-order valence-corrected chi connectivity index (χ2v) is 5.26. The maximum absolute atomic E-state index is 5.41. The van der Waals surface area contributed by atoms with Gasteiger partial charge in [-0.1, -0.05) is 0 Å². The molecule has 0 aliphatic heterocycles. The quantitative estimate of drug-likeness (QED) is 0.707. The van der Waals surface area contributed by atoms with Gasteiger partial charge >= 0.3 is 0 Å². The van der Waals surface area contributed by atoms with Crippen molar-refractivity contribution >= 4 is 0 Å². The predicted octanol–water partition coefficient (Wildman–Crippen LogP) is 2.05. The topological polar surface area (TPSA) is 49.0 Å². The average Bonchev–Trinajstić information content (AvgIpc) is 3.29. The van der Waals surface area contributed by atoms with Crippen molar-refractivity contribution in [3.8, 4) is 17.2 Å². The largest absolute Gasteiger partial charge is 0.493 e. The van der Waals surface area contributed by atoms with Gasteiger partial charge in [0.1, 0.15) is 0 Å². The molecule has 1 fully saturated rings. The third-order valence-electron chi connectivity index (χ3n) is 3.93. The fraction of sp³-hybridized carbons (Fsp3) is 0.625. The summed E-state index contributed by atoms with van der Waals surface area (Å²) in [7, 11) is 6.65. The molecule has 0 radical (unpaired) electrons. The second kappa shape index (κ2) is 7.52. The molecule has 0 bridgehead atoms. The number of nitrogens with one attached hydrogen (secondary N) is 1. The van der Waals surface area contributed by atoms with Crippen molar-refractivity contribution in [1.82, 2.24) is 5.32 Å². The van der Waals surface area contributed by atoms with Crippen molar-refractivity contribution in [1.29, 1.82) is 0 Å². The minimum Gasteiger partial charge on any atom is -0.493 e. The van der Waals surface area contributed by atoms with E-state index in [1.165, 1.54) is 12.0 Å². The maximum atomic E-state index is 5.41. The lowest BCUT2D eigenvalue weighted by Gasteiger charge is -2.14. The molecule has 1 N–H and O–H groups in total. The van der Waals surface area contributed by atoms with Crippen LogP contribution in [0.2, 0.25) is 0 Å². The van der Waals surface area contributed by atoms with Crippen molar-refractivity contribution in [2.45, 2.75) is 12.3 Å². The summed E-state index contributed by atoms with van der Waals surface area (Å²) >= 11 is 0. The van der Waals surface area contributed by atoms with Crippen LogP contribution in [0.15, 0.2) is 12.1 Å². The molecule has 1 saturated carbocycles. The van der Waals surface area contributed by atoms with Gasteiger partial charge in [0.25, 0.3) is 0 Å². The summed E-state index contributed by atoms with van der Waals surface area (Å²) in [5.74, 6) is 3.34. The van der Waals surface area contributed by atoms with Gasteiger partial charge in [0.05, 0.1) is 27.9 Å². The van der Waals surface area contributed by atoms with Crippen molar-refractivity contribution in [3.05, 3.63) is 17.7 Å². The summed E-state index contributed by atoms with van der Waals surface area (Å²) in [4.78, 5) is 0. The summed E-state index contributed by atoms with van der Waals surface area (Å²) in [6, 6.07) is 4.11. The third-order valence-corrected chi connectivity index (χ3v) is 3.93. The van der Waals surface area contributed by atoms with Gasteiger partial charge in [-0.2, -0.15) is 0 Å². The first-order chi connectivity index (χ1) is 10.2. The maximum Gasteiger partial charge on any atom is 0.203 e. The van der Waals surface area contributed by atoms with Crippen molar-refractivity contribution < 1.29 is 18.9 Å². The van der Waals surface area contributed by atoms with E-state index in [1.807, 2.05) is 0 Å². The SMILES string of the molecule is COCCNCC1CC1c1cc(OC)c(OC)c(OC)c1. The van der Waals surface area contributed by atoms with Crippen LogP contribution >= 0.6 is 0 Å². The molecule has 0 heterocycles. The lowest BCUT2D eigenvalue weighted by Crippen LogP contribution is -2.21. The van der Waals surface area contributed by atoms with E-state index in [1.54, 1.807) is 28.4 Å². The summed E-state index contributed by atoms with van der Waals surface area (Å²) < 4.78 is 21.2. The molecule has 5 heteroatoms. The molecule has 0 spiro atoms. The van der Waals surface area contributed by atoms with E-state index in [2.05, 4.69) is 17.4 Å². The molecule has 2 atom stereocenters. The van der Waals surface area contributed by atoms with Crippen LogP contribution in [0.25, 0.3) is 0 Å². The minimum atomic E-state index is 0.564. The standard InChI is InChI=1S/C16H25NO4/c1-18-6-5-17-10-12-7-13(12)11-8-14(19-2)16(21-4)15(9-11)20-3/h8-9,12-13,17H,5-7,10H2,1-4H3. The highest BCUT2D eigenvalue weighted by Gasteiger charge is 2.38. The Labute approximate surface area is 126 Å². The van der Waals surface area contributed by atoms with Gasteiger partial charge in [-0.25, -0.2) is 0 Å². The van der Waals surface area contributed by atoms with Crippen LogP contribution in [-0.2, 0) is 4.74 Å². The highest BCUT2D eigenvalue weighted by molar-refractivity contribution is 5.55. The zero-order valence-electron chi connectivity index (χ0n) is 13.3. The van der Waals surface area contributed by atoms with E-state index >= 15 is 0 Å². The Morgan fingerprint density at radius 2 is 1.71 bits per heavy atom. The normalized spacial score (nSPS) is 20.2. The van der Waals surface area contributed by atoms with Gasteiger partial charge < -0.3 is 24.3 Å². The molecule has 1 aliphatic rings. The Morgan fingerprint density at radius 3 is 2.24 bits per heavy atom. The van der Waals surface area contributed by atoms with E-state index in [9.17, 15) is 0 Å². The molecule has 1 aromatic carbocycles. The average molecular weight is 295 g/mol. The molecule has 2 rings (SSSR count). The van der Waals surface area contributed by atoms with Crippen LogP contribution in [-0.4, -0.2) is 48.1 Å². The molecule has 0 saturated heterocycles. The first-order valence-corrected chi connectivity index (χ1v) is 7.24. The number of rotatable bonds is 9. The van der Waals surface area contributed by atoms with Gasteiger partial charge in [0, 0.05) is 13.7 Å². The Balaban J connectivity index is 2.01. The van der Waals surface area contributed by atoms with E-state index in [0.717, 1.165) is 31.2 Å². The molecular formula is C16H25NO4. The molecule has 21 heavy (non-hydrogen) atoms. The van der Waals surface area contributed by atoms with Crippen LogP contribution in [0.1, 0.15) is 17.9 Å². The number of hydrogen-bond donors (Lipinski definition) is 1. The van der Waals surface area contributed by atoms with Gasteiger partial charge in [0.2, 0.25) is 5.75 Å². The van der Waals surface area contributed by atoms with Crippen LogP contribution in [0.5, 0.6) is 17.2 Å². The summed E-state index contributed by atoms with van der Waals surface area (Å²) in [5.41, 5.74) is 1.25. The van der Waals surface area contributed by atoms with Gasteiger partial charge in [-0.15, -0.1) is 0 Å². The summed E-state index contributed by atoms with van der Waals surface area (Å²) in [6.07, 6.45) is 1.19. The molecule has 1 aromatic rings. The number of methoxy groups -OCH3 is 4. The zero-order valence-corrected chi connectivity index (χ0v) is 13.3. The lowest BCUT2D eigenvalue weighted by atomic mass is 10.1. The van der Waals surface area contributed by atoms with Crippen molar-refractivity contribution in [2.24, 2.45) is 5.92 Å². The van der Waals surface area contributed by atoms with Crippen LogP contribution in [0.3, 0.4) is 0 Å². The number of ether oxygens (including phenoxy) is 4. The first-order valence-electron chi connectivity index (χ1n) is 7.24. The molecule has 118 valence electrons. The minimum absolute atomic E-state index is 0.564. The van der Waals surface area contributed by atoms with E-state index < -0.39 is 0 Å². The van der Waals surface area contributed by atoms with Crippen molar-refractivity contribution in [3.63, 3.8) is 0 Å². The van der Waals surface area contributed by atoms with Gasteiger partial charge in [-0.3, -0.25) is 0 Å². The van der Waals surface area contributed by atoms with E-state index in [0.29, 0.717) is 17.6 Å².